The van der Waals surface area contributed by atoms with Gasteiger partial charge in [-0.3, -0.25) is 4.98 Å². The second-order valence-corrected chi connectivity index (χ2v) is 9.80. The molecule has 0 amide bonds. The first kappa shape index (κ1) is 20.6. The number of rotatable bonds is 4. The largest absolute Gasteiger partial charge is 0.339 e. The molecular weight excluding hydrogens is 430 g/mol. The van der Waals surface area contributed by atoms with E-state index >= 15 is 0 Å². The van der Waals surface area contributed by atoms with Crippen LogP contribution in [-0.2, 0) is 6.42 Å². The van der Waals surface area contributed by atoms with E-state index in [0.717, 1.165) is 36.2 Å². The van der Waals surface area contributed by atoms with Gasteiger partial charge in [0.05, 0.1) is 11.0 Å². The Balaban J connectivity index is 1.21. The Bertz CT molecular complexity index is 1380. The monoisotopic (exact) mass is 453 g/mol. The number of hydrogen-bond donors (Lipinski definition) is 1. The summed E-state index contributed by atoms with van der Waals surface area (Å²) in [5.41, 5.74) is 2.04. The van der Waals surface area contributed by atoms with Crippen LogP contribution in [0.3, 0.4) is 0 Å². The molecule has 0 saturated heterocycles. The van der Waals surface area contributed by atoms with Crippen molar-refractivity contribution in [2.75, 3.05) is 0 Å². The maximum absolute atomic E-state index is 14.1. The van der Waals surface area contributed by atoms with Gasteiger partial charge < -0.3 is 4.98 Å². The van der Waals surface area contributed by atoms with E-state index in [1.54, 1.807) is 12.1 Å². The van der Waals surface area contributed by atoms with Crippen LogP contribution in [0.4, 0.5) is 17.6 Å². The van der Waals surface area contributed by atoms with E-state index < -0.39 is 17.5 Å². The van der Waals surface area contributed by atoms with Crippen molar-refractivity contribution >= 4 is 21.9 Å². The molecule has 170 valence electrons. The second-order valence-electron chi connectivity index (χ2n) is 9.80. The van der Waals surface area contributed by atoms with Gasteiger partial charge in [-0.25, -0.2) is 22.5 Å². The van der Waals surface area contributed by atoms with Crippen molar-refractivity contribution in [3.63, 3.8) is 0 Å². The molecule has 2 aromatic heterocycles. The number of pyridine rings is 1. The van der Waals surface area contributed by atoms with E-state index in [1.807, 2.05) is 12.3 Å². The number of H-pyrrole nitrogens is 1. The molecule has 6 rings (SSSR count). The van der Waals surface area contributed by atoms with Gasteiger partial charge in [0.15, 0.2) is 17.5 Å². The third-order valence-electron chi connectivity index (χ3n) is 7.96. The highest BCUT2D eigenvalue weighted by Gasteiger charge is 2.48. The highest BCUT2D eigenvalue weighted by atomic mass is 19.2. The lowest BCUT2D eigenvalue weighted by molar-refractivity contribution is 0.224. The third kappa shape index (κ3) is 3.31. The Morgan fingerprint density at radius 1 is 0.970 bits per heavy atom. The molecule has 2 aliphatic carbocycles. The number of imidazole rings is 1. The minimum atomic E-state index is -1.48. The second kappa shape index (κ2) is 7.54. The van der Waals surface area contributed by atoms with E-state index in [4.69, 9.17) is 0 Å². The zero-order valence-electron chi connectivity index (χ0n) is 18.1. The smallest absolute Gasteiger partial charge is 0.196 e. The maximum Gasteiger partial charge on any atom is 0.196 e. The quantitative estimate of drug-likeness (QED) is 0.277. The fourth-order valence-corrected chi connectivity index (χ4v) is 6.52. The molecule has 5 atom stereocenters. The van der Waals surface area contributed by atoms with Crippen LogP contribution in [0.15, 0.2) is 36.5 Å². The van der Waals surface area contributed by atoms with Gasteiger partial charge in [-0.15, -0.1) is 0 Å². The summed E-state index contributed by atoms with van der Waals surface area (Å²) in [6.07, 6.45) is 5.69. The Labute approximate surface area is 188 Å². The molecule has 2 aromatic carbocycles. The normalized spacial score (nSPS) is 25.4. The van der Waals surface area contributed by atoms with Crippen LogP contribution in [0.1, 0.15) is 43.5 Å². The molecule has 3 nitrogen and oxygen atoms in total. The lowest BCUT2D eigenvalue weighted by atomic mass is 9.73. The summed E-state index contributed by atoms with van der Waals surface area (Å²) in [6, 6.07) is 7.75. The molecule has 2 saturated carbocycles. The first-order chi connectivity index (χ1) is 15.9. The van der Waals surface area contributed by atoms with Crippen LogP contribution >= 0.6 is 0 Å². The topological polar surface area (TPSA) is 41.6 Å². The third-order valence-corrected chi connectivity index (χ3v) is 7.96. The molecule has 0 radical (unpaired) electrons. The maximum atomic E-state index is 14.1. The molecular formula is C26H23F4N3. The number of halogens is 4. The zero-order valence-corrected chi connectivity index (χ0v) is 18.1. The van der Waals surface area contributed by atoms with Gasteiger partial charge in [-0.1, -0.05) is 6.92 Å². The molecule has 2 bridgehead atoms. The summed E-state index contributed by atoms with van der Waals surface area (Å²) < 4.78 is 55.1. The van der Waals surface area contributed by atoms with Gasteiger partial charge in [0, 0.05) is 24.1 Å². The predicted octanol–water partition coefficient (Wildman–Crippen LogP) is 6.68. The van der Waals surface area contributed by atoms with Gasteiger partial charge in [0.2, 0.25) is 0 Å². The molecule has 2 heterocycles. The van der Waals surface area contributed by atoms with Crippen LogP contribution in [0.2, 0.25) is 0 Å². The van der Waals surface area contributed by atoms with Crippen molar-refractivity contribution in [2.45, 2.75) is 38.5 Å². The number of benzene rings is 2. The van der Waals surface area contributed by atoms with E-state index in [0.29, 0.717) is 41.8 Å². The Morgan fingerprint density at radius 2 is 1.82 bits per heavy atom. The molecule has 1 N–H and O–H groups in total. The number of nitrogens with one attached hydrogen (secondary N) is 1. The standard InChI is InChI=1S/C26H23F4N3/c1-12(6-23-32-22-11-20(28)24(29)25(30)26(22)33-23)17-8-14-7-13(17)9-18(14)16-4-5-31-21-3-2-15(27)10-19(16)21/h2-5,10-14,17-18H,6-9H2,1H3,(H,32,33)/t12-,13?,14?,17?,18?/m1/s1. The number of nitrogens with zero attached hydrogens (tertiary/aromatic N) is 2. The summed E-state index contributed by atoms with van der Waals surface area (Å²) in [5, 5.41) is 0.906. The van der Waals surface area contributed by atoms with Crippen LogP contribution in [-0.4, -0.2) is 15.0 Å². The van der Waals surface area contributed by atoms with E-state index in [1.165, 1.54) is 11.6 Å². The van der Waals surface area contributed by atoms with Crippen molar-refractivity contribution in [1.29, 1.82) is 0 Å². The minimum absolute atomic E-state index is 0.0825. The van der Waals surface area contributed by atoms with Crippen molar-refractivity contribution in [1.82, 2.24) is 15.0 Å². The molecule has 2 fully saturated rings. The Morgan fingerprint density at radius 3 is 2.61 bits per heavy atom. The lowest BCUT2D eigenvalue weighted by Crippen LogP contribution is -2.24. The van der Waals surface area contributed by atoms with E-state index in [9.17, 15) is 17.6 Å². The number of hydrogen-bond acceptors (Lipinski definition) is 2. The zero-order chi connectivity index (χ0) is 22.9. The van der Waals surface area contributed by atoms with E-state index in [-0.39, 0.29) is 16.9 Å². The predicted molar refractivity (Wildman–Crippen MR) is 118 cm³/mol. The summed E-state index contributed by atoms with van der Waals surface area (Å²) >= 11 is 0. The van der Waals surface area contributed by atoms with Gasteiger partial charge in [0.1, 0.15) is 17.2 Å². The van der Waals surface area contributed by atoms with Crippen LogP contribution < -0.4 is 0 Å². The summed E-state index contributed by atoms with van der Waals surface area (Å²) in [6.45, 7) is 2.17. The molecule has 0 spiro atoms. The van der Waals surface area contributed by atoms with Gasteiger partial charge in [0.25, 0.3) is 0 Å². The molecule has 7 heteroatoms. The fourth-order valence-electron chi connectivity index (χ4n) is 6.52. The molecule has 0 aliphatic heterocycles. The van der Waals surface area contributed by atoms with Crippen LogP contribution in [0, 0.1) is 46.9 Å². The molecule has 2 aliphatic rings. The van der Waals surface area contributed by atoms with Crippen molar-refractivity contribution in [2.24, 2.45) is 23.7 Å². The van der Waals surface area contributed by atoms with Crippen LogP contribution in [0.5, 0.6) is 0 Å². The molecule has 33 heavy (non-hydrogen) atoms. The number of aromatic amines is 1. The highest BCUT2D eigenvalue weighted by molar-refractivity contribution is 5.82. The average Bonchev–Trinajstić information content (AvgIpc) is 3.51. The number of aromatic nitrogens is 3. The average molecular weight is 453 g/mol. The van der Waals surface area contributed by atoms with Crippen molar-refractivity contribution in [3.8, 4) is 0 Å². The highest BCUT2D eigenvalue weighted by Crippen LogP contribution is 2.58. The lowest BCUT2D eigenvalue weighted by Gasteiger charge is -2.32. The van der Waals surface area contributed by atoms with Crippen LogP contribution in [0.25, 0.3) is 21.9 Å². The summed E-state index contributed by atoms with van der Waals surface area (Å²) in [7, 11) is 0. The van der Waals surface area contributed by atoms with Crippen molar-refractivity contribution < 1.29 is 17.6 Å². The SMILES string of the molecule is C[C@H](Cc1nc2cc(F)c(F)c(F)c2[nH]1)C1CC2CC1CC2c1ccnc2ccc(F)cc12. The first-order valence-electron chi connectivity index (χ1n) is 11.4. The van der Waals surface area contributed by atoms with Gasteiger partial charge >= 0.3 is 0 Å². The molecule has 4 aromatic rings. The van der Waals surface area contributed by atoms with Gasteiger partial charge in [-0.2, -0.15) is 0 Å². The summed E-state index contributed by atoms with van der Waals surface area (Å²) in [4.78, 5) is 11.6. The van der Waals surface area contributed by atoms with Crippen molar-refractivity contribution in [3.05, 3.63) is 71.2 Å². The van der Waals surface area contributed by atoms with E-state index in [2.05, 4.69) is 21.9 Å². The summed E-state index contributed by atoms with van der Waals surface area (Å²) in [5.74, 6) is -1.33. The Kier molecular flexibility index (Phi) is 4.71. The molecule has 4 unspecified atom stereocenters. The number of fused-ring (bicyclic) bond motifs is 4. The first-order valence-corrected chi connectivity index (χ1v) is 11.4. The Hall–Kier alpha value is -2.96. The minimum Gasteiger partial charge on any atom is -0.339 e. The van der Waals surface area contributed by atoms with Gasteiger partial charge in [-0.05, 0) is 78.7 Å². The fraction of sp³-hybridized carbons (Fsp3) is 0.385.